The molecule has 2 aromatic rings. The molecule has 6 nitrogen and oxygen atoms in total. The zero-order chi connectivity index (χ0) is 14.3. The highest BCUT2D eigenvalue weighted by molar-refractivity contribution is 5.99. The maximum Gasteiger partial charge on any atom is 0.278 e. The molecule has 0 amide bonds. The summed E-state index contributed by atoms with van der Waals surface area (Å²) in [5.74, 6) is 0. The number of nitro groups is 1. The number of anilines is 1. The number of β-amino-alcohol motifs (C(OH)–C–C–N with tert-alkyl or cyclic N) is 1. The van der Waals surface area contributed by atoms with Crippen molar-refractivity contribution in [3.05, 3.63) is 40.2 Å². The molecule has 1 saturated heterocycles. The Labute approximate surface area is 115 Å². The van der Waals surface area contributed by atoms with Gasteiger partial charge in [-0.05, 0) is 25.5 Å². The van der Waals surface area contributed by atoms with Crippen molar-refractivity contribution < 1.29 is 10.0 Å². The first-order valence-electron chi connectivity index (χ1n) is 6.53. The highest BCUT2D eigenvalue weighted by atomic mass is 16.6. The number of non-ortho nitro benzene ring substituents is 1. The molecule has 1 aromatic carbocycles. The third kappa shape index (κ3) is 2.08. The fourth-order valence-corrected chi connectivity index (χ4v) is 2.71. The lowest BCUT2D eigenvalue weighted by Gasteiger charge is -2.20. The second-order valence-electron chi connectivity index (χ2n) is 5.12. The largest absolute Gasteiger partial charge is 0.391 e. The summed E-state index contributed by atoms with van der Waals surface area (Å²) in [6.07, 6.45) is 1.95. The Balaban J connectivity index is 2.20. The third-order valence-electron chi connectivity index (χ3n) is 3.69. The van der Waals surface area contributed by atoms with Gasteiger partial charge in [0.2, 0.25) is 0 Å². The van der Waals surface area contributed by atoms with Crippen LogP contribution in [-0.4, -0.2) is 34.2 Å². The van der Waals surface area contributed by atoms with E-state index in [4.69, 9.17) is 0 Å². The monoisotopic (exact) mass is 273 g/mol. The standard InChI is InChI=1S/C14H15N3O3/c1-9-6-11-12(7-15-9)14(17(19)20)3-2-13(11)16-5-4-10(18)8-16/h2-3,6-7,10,18H,4-5,8H2,1H3/t10-/m0/s1. The molecular weight excluding hydrogens is 258 g/mol. The lowest BCUT2D eigenvalue weighted by Crippen LogP contribution is -2.21. The number of nitrogens with zero attached hydrogens (tertiary/aromatic N) is 3. The van der Waals surface area contributed by atoms with Gasteiger partial charge in [-0.3, -0.25) is 15.1 Å². The number of pyridine rings is 1. The summed E-state index contributed by atoms with van der Waals surface area (Å²) in [5.41, 5.74) is 1.81. The quantitative estimate of drug-likeness (QED) is 0.669. The first-order valence-corrected chi connectivity index (χ1v) is 6.53. The molecule has 2 heterocycles. The molecule has 1 aromatic heterocycles. The number of hydrogen-bond donors (Lipinski definition) is 1. The second-order valence-corrected chi connectivity index (χ2v) is 5.12. The maximum atomic E-state index is 11.1. The molecule has 20 heavy (non-hydrogen) atoms. The van der Waals surface area contributed by atoms with Crippen LogP contribution in [0.15, 0.2) is 24.4 Å². The van der Waals surface area contributed by atoms with Crippen molar-refractivity contribution in [3.8, 4) is 0 Å². The Hall–Kier alpha value is -2.21. The van der Waals surface area contributed by atoms with Crippen LogP contribution in [0.4, 0.5) is 11.4 Å². The van der Waals surface area contributed by atoms with Crippen molar-refractivity contribution in [1.82, 2.24) is 4.98 Å². The smallest absolute Gasteiger partial charge is 0.278 e. The molecule has 1 atom stereocenters. The minimum absolute atomic E-state index is 0.0657. The van der Waals surface area contributed by atoms with Crippen molar-refractivity contribution in [2.75, 3.05) is 18.0 Å². The van der Waals surface area contributed by atoms with Crippen LogP contribution in [0.1, 0.15) is 12.1 Å². The van der Waals surface area contributed by atoms with E-state index in [1.807, 2.05) is 13.0 Å². The summed E-state index contributed by atoms with van der Waals surface area (Å²) >= 11 is 0. The van der Waals surface area contributed by atoms with E-state index in [0.717, 1.165) is 29.7 Å². The highest BCUT2D eigenvalue weighted by Gasteiger charge is 2.24. The topological polar surface area (TPSA) is 79.5 Å². The lowest BCUT2D eigenvalue weighted by molar-refractivity contribution is -0.383. The Morgan fingerprint density at radius 3 is 2.90 bits per heavy atom. The normalized spacial score (nSPS) is 18.7. The Morgan fingerprint density at radius 1 is 1.45 bits per heavy atom. The minimum atomic E-state index is -0.387. The molecule has 0 saturated carbocycles. The van der Waals surface area contributed by atoms with Crippen molar-refractivity contribution >= 4 is 22.1 Å². The Morgan fingerprint density at radius 2 is 2.25 bits per heavy atom. The number of aliphatic hydroxyl groups excluding tert-OH is 1. The van der Waals surface area contributed by atoms with Crippen LogP contribution in [0.3, 0.4) is 0 Å². The molecule has 1 fully saturated rings. The summed E-state index contributed by atoms with van der Waals surface area (Å²) in [5, 5.41) is 22.1. The van der Waals surface area contributed by atoms with Crippen LogP contribution in [0.2, 0.25) is 0 Å². The maximum absolute atomic E-state index is 11.1. The van der Waals surface area contributed by atoms with Gasteiger partial charge in [-0.1, -0.05) is 0 Å². The van der Waals surface area contributed by atoms with Crippen LogP contribution in [0.5, 0.6) is 0 Å². The predicted octanol–water partition coefficient (Wildman–Crippen LogP) is 2.02. The van der Waals surface area contributed by atoms with Gasteiger partial charge in [-0.25, -0.2) is 0 Å². The average Bonchev–Trinajstić information content (AvgIpc) is 2.83. The van der Waals surface area contributed by atoms with Crippen molar-refractivity contribution in [3.63, 3.8) is 0 Å². The van der Waals surface area contributed by atoms with E-state index in [0.29, 0.717) is 11.9 Å². The lowest BCUT2D eigenvalue weighted by atomic mass is 10.1. The second kappa shape index (κ2) is 4.72. The van der Waals surface area contributed by atoms with Gasteiger partial charge in [-0.2, -0.15) is 0 Å². The van der Waals surface area contributed by atoms with Crippen LogP contribution in [0, 0.1) is 17.0 Å². The molecule has 1 N–H and O–H groups in total. The molecule has 1 aliphatic rings. The number of aryl methyl sites for hydroxylation is 1. The number of aromatic nitrogens is 1. The van der Waals surface area contributed by atoms with Gasteiger partial charge in [0.1, 0.15) is 0 Å². The first-order chi connectivity index (χ1) is 9.56. The fraction of sp³-hybridized carbons (Fsp3) is 0.357. The number of fused-ring (bicyclic) bond motifs is 1. The number of benzene rings is 1. The number of hydrogen-bond acceptors (Lipinski definition) is 5. The molecule has 0 unspecified atom stereocenters. The van der Waals surface area contributed by atoms with E-state index in [9.17, 15) is 15.2 Å². The number of rotatable bonds is 2. The number of aliphatic hydroxyl groups is 1. The van der Waals surface area contributed by atoms with Gasteiger partial charge in [0, 0.05) is 42.1 Å². The zero-order valence-corrected chi connectivity index (χ0v) is 11.1. The van der Waals surface area contributed by atoms with E-state index in [1.165, 1.54) is 6.07 Å². The van der Waals surface area contributed by atoms with Gasteiger partial charge in [0.05, 0.1) is 16.4 Å². The summed E-state index contributed by atoms with van der Waals surface area (Å²) in [7, 11) is 0. The van der Waals surface area contributed by atoms with E-state index < -0.39 is 0 Å². The molecular formula is C14H15N3O3. The van der Waals surface area contributed by atoms with E-state index >= 15 is 0 Å². The summed E-state index contributed by atoms with van der Waals surface area (Å²) in [6, 6.07) is 5.14. The average molecular weight is 273 g/mol. The molecule has 0 spiro atoms. The molecule has 0 aliphatic carbocycles. The fourth-order valence-electron chi connectivity index (χ4n) is 2.71. The summed E-state index contributed by atoms with van der Waals surface area (Å²) < 4.78 is 0. The van der Waals surface area contributed by atoms with Crippen LogP contribution < -0.4 is 4.90 Å². The predicted molar refractivity (Wildman–Crippen MR) is 76.0 cm³/mol. The van der Waals surface area contributed by atoms with Crippen LogP contribution in [0.25, 0.3) is 10.8 Å². The van der Waals surface area contributed by atoms with Crippen molar-refractivity contribution in [2.45, 2.75) is 19.4 Å². The minimum Gasteiger partial charge on any atom is -0.391 e. The third-order valence-corrected chi connectivity index (χ3v) is 3.69. The SMILES string of the molecule is Cc1cc2c(N3CC[C@H](O)C3)ccc([N+](=O)[O-])c2cn1. The molecule has 1 aliphatic heterocycles. The van der Waals surface area contributed by atoms with Crippen LogP contribution >= 0.6 is 0 Å². The molecule has 6 heteroatoms. The van der Waals surface area contributed by atoms with Gasteiger partial charge in [-0.15, -0.1) is 0 Å². The van der Waals surface area contributed by atoms with Gasteiger partial charge >= 0.3 is 0 Å². The van der Waals surface area contributed by atoms with Crippen LogP contribution in [-0.2, 0) is 0 Å². The van der Waals surface area contributed by atoms with Gasteiger partial charge in [0.15, 0.2) is 0 Å². The highest BCUT2D eigenvalue weighted by Crippen LogP contribution is 2.34. The summed E-state index contributed by atoms with van der Waals surface area (Å²) in [6.45, 7) is 3.19. The van der Waals surface area contributed by atoms with Gasteiger partial charge < -0.3 is 10.0 Å². The van der Waals surface area contributed by atoms with Crippen molar-refractivity contribution in [1.29, 1.82) is 0 Å². The summed E-state index contributed by atoms with van der Waals surface area (Å²) in [4.78, 5) is 16.9. The number of nitro benzene ring substituents is 1. The Kier molecular flexibility index (Phi) is 3.02. The van der Waals surface area contributed by atoms with Crippen molar-refractivity contribution in [2.24, 2.45) is 0 Å². The van der Waals surface area contributed by atoms with E-state index in [2.05, 4.69) is 9.88 Å². The van der Waals surface area contributed by atoms with Gasteiger partial charge in [0.25, 0.3) is 5.69 Å². The molecule has 104 valence electrons. The van der Waals surface area contributed by atoms with E-state index in [-0.39, 0.29) is 16.7 Å². The first kappa shape index (κ1) is 12.8. The zero-order valence-electron chi connectivity index (χ0n) is 11.1. The molecule has 3 rings (SSSR count). The Bertz CT molecular complexity index is 687. The molecule has 0 radical (unpaired) electrons. The van der Waals surface area contributed by atoms with E-state index in [1.54, 1.807) is 12.3 Å². The molecule has 0 bridgehead atoms.